The molecule has 0 fully saturated rings. The quantitative estimate of drug-likeness (QED) is 0.463. The third-order valence-corrected chi connectivity index (χ3v) is 5.49. The lowest BCUT2D eigenvalue weighted by Gasteiger charge is -2.36. The van der Waals surface area contributed by atoms with Crippen LogP contribution < -0.4 is 5.73 Å². The Morgan fingerprint density at radius 2 is 1.71 bits per heavy atom. The molecule has 0 spiro atoms. The van der Waals surface area contributed by atoms with Gasteiger partial charge in [0, 0.05) is 29.0 Å². The van der Waals surface area contributed by atoms with Crippen LogP contribution in [0.25, 0.3) is 11.1 Å². The third kappa shape index (κ3) is 3.54. The van der Waals surface area contributed by atoms with Gasteiger partial charge in [0.15, 0.2) is 0 Å². The van der Waals surface area contributed by atoms with Crippen molar-refractivity contribution in [2.75, 3.05) is 0 Å². The van der Waals surface area contributed by atoms with Gasteiger partial charge in [0.05, 0.1) is 11.5 Å². The Morgan fingerprint density at radius 3 is 2.25 bits per heavy atom. The highest BCUT2D eigenvalue weighted by molar-refractivity contribution is 5.65. The van der Waals surface area contributed by atoms with Gasteiger partial charge in [-0.05, 0) is 30.5 Å². The second kappa shape index (κ2) is 7.91. The smallest absolute Gasteiger partial charge is 0.0985 e. The van der Waals surface area contributed by atoms with Crippen molar-refractivity contribution in [3.8, 4) is 11.1 Å². The fourth-order valence-corrected chi connectivity index (χ4v) is 3.97. The van der Waals surface area contributed by atoms with Crippen molar-refractivity contribution in [1.29, 1.82) is 0 Å². The van der Waals surface area contributed by atoms with Crippen LogP contribution in [-0.4, -0.2) is 16.3 Å². The summed E-state index contributed by atoms with van der Waals surface area (Å²) in [6.07, 6.45) is 5.78. The summed E-state index contributed by atoms with van der Waals surface area (Å²) in [6.45, 7) is 7.54. The summed E-state index contributed by atoms with van der Waals surface area (Å²) in [5, 5.41) is 21.1. The Morgan fingerprint density at radius 1 is 1.11 bits per heavy atom. The topological polar surface area (TPSA) is 66.5 Å². The number of hydrogen-bond donors (Lipinski definition) is 3. The van der Waals surface area contributed by atoms with Crippen LogP contribution in [0.1, 0.15) is 25.8 Å². The average Bonchev–Trinajstić information content (AvgIpc) is 2.69. The maximum atomic E-state index is 10.7. The van der Waals surface area contributed by atoms with Crippen LogP contribution in [-0.2, 0) is 5.41 Å². The fraction of sp³-hybridized carbons (Fsp3) is 0.200. The van der Waals surface area contributed by atoms with E-state index >= 15 is 0 Å². The molecule has 144 valence electrons. The molecule has 2 unspecified atom stereocenters. The van der Waals surface area contributed by atoms with Crippen molar-refractivity contribution in [1.82, 2.24) is 0 Å². The van der Waals surface area contributed by atoms with Gasteiger partial charge >= 0.3 is 0 Å². The third-order valence-electron chi connectivity index (χ3n) is 5.49. The van der Waals surface area contributed by atoms with E-state index in [4.69, 9.17) is 5.73 Å². The summed E-state index contributed by atoms with van der Waals surface area (Å²) in [4.78, 5) is 0. The molecule has 4 N–H and O–H groups in total. The number of hydrogen-bond acceptors (Lipinski definition) is 3. The molecule has 0 radical (unpaired) electrons. The summed E-state index contributed by atoms with van der Waals surface area (Å²) in [5.41, 5.74) is 9.79. The minimum Gasteiger partial charge on any atom is -0.512 e. The average molecular weight is 373 g/mol. The van der Waals surface area contributed by atoms with Gasteiger partial charge in [-0.1, -0.05) is 79.4 Å². The van der Waals surface area contributed by atoms with E-state index in [2.05, 4.69) is 30.8 Å². The van der Waals surface area contributed by atoms with Crippen LogP contribution in [0.15, 0.2) is 102 Å². The summed E-state index contributed by atoms with van der Waals surface area (Å²) >= 11 is 0. The highest BCUT2D eigenvalue weighted by Gasteiger charge is 2.37. The van der Waals surface area contributed by atoms with E-state index in [1.54, 1.807) is 13.0 Å². The standard InChI is InChI=1S/C25H27NO2/c1-4-22(17(2)27)25(3,23-15-14-21(26)16-24(23)28)20-12-10-19(11-13-20)18-8-6-5-7-9-18/h4-15,21,27-28H,1,16,26H2,2-3H3/b22-17-. The Bertz CT molecular complexity index is 948. The molecule has 0 aromatic heterocycles. The van der Waals surface area contributed by atoms with Gasteiger partial charge in [-0.15, -0.1) is 0 Å². The molecule has 0 aliphatic heterocycles. The number of aliphatic hydroxyl groups excluding tert-OH is 2. The second-order valence-electron chi connectivity index (χ2n) is 7.36. The number of allylic oxidation sites excluding steroid dienone is 5. The van der Waals surface area contributed by atoms with Crippen molar-refractivity contribution < 1.29 is 10.2 Å². The van der Waals surface area contributed by atoms with Crippen molar-refractivity contribution in [2.45, 2.75) is 31.7 Å². The maximum Gasteiger partial charge on any atom is 0.0985 e. The van der Waals surface area contributed by atoms with E-state index in [1.807, 2.05) is 49.4 Å². The van der Waals surface area contributed by atoms with Gasteiger partial charge in [-0.25, -0.2) is 0 Å². The van der Waals surface area contributed by atoms with Gasteiger partial charge in [-0.2, -0.15) is 0 Å². The summed E-state index contributed by atoms with van der Waals surface area (Å²) in [7, 11) is 0. The molecule has 2 aromatic carbocycles. The van der Waals surface area contributed by atoms with Gasteiger partial charge in [0.25, 0.3) is 0 Å². The van der Waals surface area contributed by atoms with Gasteiger partial charge in [0.2, 0.25) is 0 Å². The number of nitrogens with two attached hydrogens (primary N) is 1. The molecule has 0 saturated carbocycles. The first-order valence-corrected chi connectivity index (χ1v) is 9.43. The molecule has 1 aliphatic carbocycles. The molecular weight excluding hydrogens is 346 g/mol. The predicted octanol–water partition coefficient (Wildman–Crippen LogP) is 5.73. The highest BCUT2D eigenvalue weighted by Crippen LogP contribution is 2.44. The largest absolute Gasteiger partial charge is 0.512 e. The minimum atomic E-state index is -0.753. The molecule has 3 heteroatoms. The normalized spacial score (nSPS) is 19.8. The molecule has 2 aromatic rings. The predicted molar refractivity (Wildman–Crippen MR) is 116 cm³/mol. The van der Waals surface area contributed by atoms with Crippen molar-refractivity contribution in [2.24, 2.45) is 5.73 Å². The molecule has 0 heterocycles. The minimum absolute atomic E-state index is 0.174. The van der Waals surface area contributed by atoms with Crippen molar-refractivity contribution >= 4 is 0 Å². The molecule has 1 aliphatic rings. The summed E-state index contributed by atoms with van der Waals surface area (Å²) in [5.74, 6) is 0.415. The fourth-order valence-electron chi connectivity index (χ4n) is 3.97. The molecule has 2 atom stereocenters. The van der Waals surface area contributed by atoms with Crippen LogP contribution in [0.5, 0.6) is 0 Å². The Kier molecular flexibility index (Phi) is 5.57. The van der Waals surface area contributed by atoms with E-state index in [1.165, 1.54) is 0 Å². The first-order valence-electron chi connectivity index (χ1n) is 9.43. The van der Waals surface area contributed by atoms with Crippen LogP contribution in [0.2, 0.25) is 0 Å². The van der Waals surface area contributed by atoms with Crippen molar-refractivity contribution in [3.05, 3.63) is 108 Å². The zero-order chi connectivity index (χ0) is 20.3. The maximum absolute atomic E-state index is 10.7. The van der Waals surface area contributed by atoms with E-state index in [9.17, 15) is 10.2 Å². The van der Waals surface area contributed by atoms with Crippen LogP contribution in [0.4, 0.5) is 0 Å². The highest BCUT2D eigenvalue weighted by atomic mass is 16.3. The summed E-state index contributed by atoms with van der Waals surface area (Å²) in [6, 6.07) is 18.2. The lowest BCUT2D eigenvalue weighted by atomic mass is 9.67. The zero-order valence-electron chi connectivity index (χ0n) is 16.4. The van der Waals surface area contributed by atoms with Crippen LogP contribution in [0, 0.1) is 0 Å². The molecule has 3 nitrogen and oxygen atoms in total. The van der Waals surface area contributed by atoms with E-state index in [0.717, 1.165) is 22.3 Å². The molecule has 0 saturated heterocycles. The molecule has 0 bridgehead atoms. The Labute approximate surface area is 166 Å². The first kappa shape index (κ1) is 19.7. The number of rotatable bonds is 5. The van der Waals surface area contributed by atoms with E-state index in [0.29, 0.717) is 12.0 Å². The SMILES string of the molecule is C=C/C(=C(\C)O)C(C)(C1=C(O)CC(N)C=C1)c1ccc(-c2ccccc2)cc1. The lowest BCUT2D eigenvalue weighted by molar-refractivity contribution is 0.359. The molecule has 28 heavy (non-hydrogen) atoms. The molecule has 0 amide bonds. The first-order chi connectivity index (χ1) is 13.4. The van der Waals surface area contributed by atoms with Crippen molar-refractivity contribution in [3.63, 3.8) is 0 Å². The van der Waals surface area contributed by atoms with Gasteiger partial charge in [-0.3, -0.25) is 0 Å². The Hall–Kier alpha value is -3.04. The number of benzene rings is 2. The van der Waals surface area contributed by atoms with Gasteiger partial charge < -0.3 is 15.9 Å². The molecule has 3 rings (SSSR count). The van der Waals surface area contributed by atoms with Gasteiger partial charge in [0.1, 0.15) is 0 Å². The zero-order valence-corrected chi connectivity index (χ0v) is 16.4. The monoisotopic (exact) mass is 373 g/mol. The van der Waals surface area contributed by atoms with E-state index in [-0.39, 0.29) is 17.6 Å². The number of aliphatic hydroxyl groups is 2. The molecular formula is C25H27NO2. The van der Waals surface area contributed by atoms with E-state index < -0.39 is 5.41 Å². The lowest BCUT2D eigenvalue weighted by Crippen LogP contribution is -2.32. The second-order valence-corrected chi connectivity index (χ2v) is 7.36. The van der Waals surface area contributed by atoms with Crippen LogP contribution in [0.3, 0.4) is 0 Å². The van der Waals surface area contributed by atoms with Crippen LogP contribution >= 0.6 is 0 Å². The summed E-state index contributed by atoms with van der Waals surface area (Å²) < 4.78 is 0. The Balaban J connectivity index is 2.16.